The molecule has 1 rings (SSSR count). The molecule has 0 aliphatic rings. The van der Waals surface area contributed by atoms with Gasteiger partial charge in [-0.25, -0.2) is 0 Å². The first-order chi connectivity index (χ1) is 7.85. The van der Waals surface area contributed by atoms with Crippen molar-refractivity contribution in [2.24, 2.45) is 0 Å². The molecule has 0 amide bonds. The summed E-state index contributed by atoms with van der Waals surface area (Å²) in [6.45, 7) is 7.82. The zero-order valence-corrected chi connectivity index (χ0v) is 10.9. The Labute approximate surface area is 103 Å². The third-order valence-corrected chi connectivity index (χ3v) is 2.99. The number of hydrogen-bond acceptors (Lipinski definition) is 2. The van der Waals surface area contributed by atoms with Crippen molar-refractivity contribution in [3.05, 3.63) is 35.9 Å². The average Bonchev–Trinajstić information content (AvgIpc) is 2.26. The number of nitrogens with one attached hydrogen (secondary N) is 1. The van der Waals surface area contributed by atoms with Crippen LogP contribution in [0.15, 0.2) is 30.3 Å². The fraction of sp³-hybridized carbons (Fsp3) is 0.500. The van der Waals surface area contributed by atoms with E-state index < -0.39 is 17.4 Å². The maximum Gasteiger partial charge on any atom is 0.321 e. The van der Waals surface area contributed by atoms with Crippen molar-refractivity contribution >= 4 is 5.97 Å². The first-order valence-corrected chi connectivity index (χ1v) is 5.90. The van der Waals surface area contributed by atoms with E-state index >= 15 is 0 Å². The molecule has 1 aromatic rings. The normalized spacial score (nSPS) is 13.7. The molecule has 0 saturated heterocycles. The third kappa shape index (κ3) is 3.30. The van der Waals surface area contributed by atoms with Crippen LogP contribution >= 0.6 is 0 Å². The van der Waals surface area contributed by atoms with Gasteiger partial charge in [0.25, 0.3) is 0 Å². The summed E-state index contributed by atoms with van der Waals surface area (Å²) in [4.78, 5) is 11.4. The van der Waals surface area contributed by atoms with Crippen molar-refractivity contribution < 1.29 is 9.90 Å². The predicted molar refractivity (Wildman–Crippen MR) is 69.2 cm³/mol. The lowest BCUT2D eigenvalue weighted by Crippen LogP contribution is -2.52. The Morgan fingerprint density at radius 3 is 2.18 bits per heavy atom. The van der Waals surface area contributed by atoms with E-state index in [4.69, 9.17) is 0 Å². The van der Waals surface area contributed by atoms with Crippen LogP contribution in [-0.4, -0.2) is 23.2 Å². The molecule has 94 valence electrons. The van der Waals surface area contributed by atoms with Crippen molar-refractivity contribution in [1.29, 1.82) is 0 Å². The molecule has 0 fully saturated rings. The lowest BCUT2D eigenvalue weighted by molar-refractivity contribution is -0.141. The lowest BCUT2D eigenvalue weighted by atomic mass is 9.77. The number of rotatable bonds is 5. The van der Waals surface area contributed by atoms with Crippen molar-refractivity contribution in [1.82, 2.24) is 5.32 Å². The highest BCUT2D eigenvalue weighted by atomic mass is 16.4. The van der Waals surface area contributed by atoms with Gasteiger partial charge in [-0.3, -0.25) is 4.79 Å². The number of carboxylic acid groups (broad SMARTS) is 1. The van der Waals surface area contributed by atoms with E-state index in [1.165, 1.54) is 0 Å². The van der Waals surface area contributed by atoms with E-state index in [0.29, 0.717) is 0 Å². The molecular formula is C14H21NO2. The summed E-state index contributed by atoms with van der Waals surface area (Å²) in [7, 11) is 0. The highest BCUT2D eigenvalue weighted by Gasteiger charge is 2.36. The summed E-state index contributed by atoms with van der Waals surface area (Å²) in [5, 5.41) is 12.5. The highest BCUT2D eigenvalue weighted by molar-refractivity contribution is 5.76. The molecule has 0 bridgehead atoms. The molecular weight excluding hydrogens is 214 g/mol. The Morgan fingerprint density at radius 2 is 1.76 bits per heavy atom. The van der Waals surface area contributed by atoms with Gasteiger partial charge in [0.05, 0.1) is 0 Å². The van der Waals surface area contributed by atoms with E-state index in [2.05, 4.69) is 5.32 Å². The molecule has 2 N–H and O–H groups in total. The van der Waals surface area contributed by atoms with E-state index in [1.807, 2.05) is 58.0 Å². The first kappa shape index (κ1) is 13.7. The van der Waals surface area contributed by atoms with Gasteiger partial charge in [-0.2, -0.15) is 0 Å². The van der Waals surface area contributed by atoms with Crippen molar-refractivity contribution in [3.63, 3.8) is 0 Å². The molecule has 0 radical (unpaired) electrons. The van der Waals surface area contributed by atoms with Gasteiger partial charge in [0.15, 0.2) is 0 Å². The molecule has 1 unspecified atom stereocenters. The van der Waals surface area contributed by atoms with Gasteiger partial charge in [-0.1, -0.05) is 58.0 Å². The van der Waals surface area contributed by atoms with Crippen LogP contribution < -0.4 is 5.32 Å². The molecule has 0 aliphatic carbocycles. The summed E-state index contributed by atoms with van der Waals surface area (Å²) in [5.41, 5.74) is 0.581. The fourth-order valence-electron chi connectivity index (χ4n) is 1.96. The molecule has 0 aromatic heterocycles. The summed E-state index contributed by atoms with van der Waals surface area (Å²) in [6.07, 6.45) is 0. The number of benzene rings is 1. The summed E-state index contributed by atoms with van der Waals surface area (Å²) in [6, 6.07) is 9.29. The monoisotopic (exact) mass is 235 g/mol. The maximum absolute atomic E-state index is 11.4. The van der Waals surface area contributed by atoms with Crippen molar-refractivity contribution in [3.8, 4) is 0 Å². The van der Waals surface area contributed by atoms with Gasteiger partial charge in [0.1, 0.15) is 6.04 Å². The van der Waals surface area contributed by atoms with Crippen LogP contribution in [0.25, 0.3) is 0 Å². The molecule has 3 heteroatoms. The molecule has 0 heterocycles. The van der Waals surface area contributed by atoms with Gasteiger partial charge in [0, 0.05) is 11.5 Å². The number of aliphatic carboxylic acids is 1. The van der Waals surface area contributed by atoms with Crippen LogP contribution in [0.2, 0.25) is 0 Å². The van der Waals surface area contributed by atoms with Gasteiger partial charge < -0.3 is 10.4 Å². The number of carboxylic acids is 1. The quantitative estimate of drug-likeness (QED) is 0.824. The summed E-state index contributed by atoms with van der Waals surface area (Å²) >= 11 is 0. The average molecular weight is 235 g/mol. The molecule has 17 heavy (non-hydrogen) atoms. The molecule has 1 aromatic carbocycles. The molecule has 0 spiro atoms. The van der Waals surface area contributed by atoms with Crippen LogP contribution in [-0.2, 0) is 10.2 Å². The zero-order chi connectivity index (χ0) is 13.1. The van der Waals surface area contributed by atoms with Crippen LogP contribution in [0, 0.1) is 0 Å². The zero-order valence-electron chi connectivity index (χ0n) is 10.9. The van der Waals surface area contributed by atoms with Gasteiger partial charge in [0.2, 0.25) is 0 Å². The first-order valence-electron chi connectivity index (χ1n) is 5.90. The third-order valence-electron chi connectivity index (χ3n) is 2.99. The minimum Gasteiger partial charge on any atom is -0.480 e. The van der Waals surface area contributed by atoms with Gasteiger partial charge in [-0.05, 0) is 5.56 Å². The van der Waals surface area contributed by atoms with Gasteiger partial charge in [-0.15, -0.1) is 0 Å². The molecule has 3 nitrogen and oxygen atoms in total. The standard InChI is InChI=1S/C14H21NO2/c1-10(2)15-12(13(16)17)14(3,4)11-8-6-5-7-9-11/h5-10,12,15H,1-4H3,(H,16,17). The minimum absolute atomic E-state index is 0.138. The number of carbonyl (C=O) groups is 1. The van der Waals surface area contributed by atoms with Crippen LogP contribution in [0.4, 0.5) is 0 Å². The smallest absolute Gasteiger partial charge is 0.321 e. The van der Waals surface area contributed by atoms with E-state index in [9.17, 15) is 9.90 Å². The van der Waals surface area contributed by atoms with Gasteiger partial charge >= 0.3 is 5.97 Å². The van der Waals surface area contributed by atoms with E-state index in [0.717, 1.165) is 5.56 Å². The Morgan fingerprint density at radius 1 is 1.24 bits per heavy atom. The van der Waals surface area contributed by atoms with Crippen LogP contribution in [0.3, 0.4) is 0 Å². The lowest BCUT2D eigenvalue weighted by Gasteiger charge is -2.34. The molecule has 1 atom stereocenters. The topological polar surface area (TPSA) is 49.3 Å². The summed E-state index contributed by atoms with van der Waals surface area (Å²) in [5.74, 6) is -0.812. The Kier molecular flexibility index (Phi) is 4.29. The Bertz CT molecular complexity index is 371. The van der Waals surface area contributed by atoms with Crippen molar-refractivity contribution in [2.75, 3.05) is 0 Å². The summed E-state index contributed by atoms with van der Waals surface area (Å²) < 4.78 is 0. The molecule has 0 saturated carbocycles. The van der Waals surface area contributed by atoms with E-state index in [-0.39, 0.29) is 6.04 Å². The van der Waals surface area contributed by atoms with E-state index in [1.54, 1.807) is 0 Å². The largest absolute Gasteiger partial charge is 0.480 e. The maximum atomic E-state index is 11.4. The second-order valence-electron chi connectivity index (χ2n) is 5.18. The Balaban J connectivity index is 3.04. The minimum atomic E-state index is -0.812. The van der Waals surface area contributed by atoms with Crippen LogP contribution in [0.1, 0.15) is 33.3 Å². The SMILES string of the molecule is CC(C)NC(C(=O)O)C(C)(C)c1ccccc1. The predicted octanol–water partition coefficient (Wildman–Crippen LogP) is 2.42. The Hall–Kier alpha value is -1.35. The number of hydrogen-bond donors (Lipinski definition) is 2. The highest BCUT2D eigenvalue weighted by Crippen LogP contribution is 2.27. The second-order valence-corrected chi connectivity index (χ2v) is 5.18. The molecule has 0 aliphatic heterocycles. The van der Waals surface area contributed by atoms with Crippen molar-refractivity contribution in [2.45, 2.75) is 45.2 Å². The second kappa shape index (κ2) is 5.32. The van der Waals surface area contributed by atoms with Crippen LogP contribution in [0.5, 0.6) is 0 Å². The fourth-order valence-corrected chi connectivity index (χ4v) is 1.96.